The van der Waals surface area contributed by atoms with Crippen LogP contribution in [0.1, 0.15) is 80.0 Å². The molecule has 0 bridgehead atoms. The smallest absolute Gasteiger partial charge is 0.229 e. The number of likely N-dealkylation sites (tertiary alicyclic amines) is 1. The third-order valence-electron chi connectivity index (χ3n) is 4.74. The minimum atomic E-state index is 0.0708. The molecule has 2 aliphatic rings. The maximum absolute atomic E-state index is 5.63. The van der Waals surface area contributed by atoms with E-state index in [2.05, 4.69) is 27.3 Å². The summed E-state index contributed by atoms with van der Waals surface area (Å²) in [5, 5.41) is 7.44. The Morgan fingerprint density at radius 2 is 2.25 bits per heavy atom. The maximum Gasteiger partial charge on any atom is 0.229 e. The number of hydrogen-bond acceptors (Lipinski definition) is 7. The van der Waals surface area contributed by atoms with Gasteiger partial charge in [-0.3, -0.25) is 4.90 Å². The average molecular weight is 348 g/mol. The zero-order chi connectivity index (χ0) is 16.5. The highest BCUT2D eigenvalue weighted by atomic mass is 32.1. The molecule has 2 aromatic heterocycles. The standard InChI is InChI=1S/C17H24N4O2S/c1-3-22-11(2)17-18-13(10-24-17)9-21-8-4-5-14(21)15-19-16(23-20-15)12-6-7-12/h10-12,14H,3-9H2,1-2H3/t11-,14-/m1/s1. The zero-order valence-electron chi connectivity index (χ0n) is 14.3. The number of aromatic nitrogens is 3. The summed E-state index contributed by atoms with van der Waals surface area (Å²) >= 11 is 1.68. The van der Waals surface area contributed by atoms with Crippen LogP contribution in [0.3, 0.4) is 0 Å². The van der Waals surface area contributed by atoms with Gasteiger partial charge in [0.1, 0.15) is 11.1 Å². The summed E-state index contributed by atoms with van der Waals surface area (Å²) in [7, 11) is 0. The van der Waals surface area contributed by atoms with Gasteiger partial charge in [-0.25, -0.2) is 4.98 Å². The minimum Gasteiger partial charge on any atom is -0.372 e. The van der Waals surface area contributed by atoms with Gasteiger partial charge in [0.15, 0.2) is 5.82 Å². The van der Waals surface area contributed by atoms with Gasteiger partial charge in [-0.1, -0.05) is 5.16 Å². The van der Waals surface area contributed by atoms with E-state index < -0.39 is 0 Å². The highest BCUT2D eigenvalue weighted by molar-refractivity contribution is 7.09. The molecule has 1 saturated carbocycles. The number of ether oxygens (including phenoxy) is 1. The second-order valence-corrected chi connectivity index (χ2v) is 7.56. The van der Waals surface area contributed by atoms with E-state index in [1.54, 1.807) is 11.3 Å². The topological polar surface area (TPSA) is 64.3 Å². The van der Waals surface area contributed by atoms with E-state index in [1.807, 2.05) is 6.92 Å². The lowest BCUT2D eigenvalue weighted by molar-refractivity contribution is 0.0760. The predicted octanol–water partition coefficient (Wildman–Crippen LogP) is 3.84. The summed E-state index contributed by atoms with van der Waals surface area (Å²) in [6.45, 7) is 6.69. The summed E-state index contributed by atoms with van der Waals surface area (Å²) in [5.74, 6) is 2.20. The molecular formula is C17H24N4O2S. The molecule has 0 N–H and O–H groups in total. The van der Waals surface area contributed by atoms with Crippen LogP contribution in [0.15, 0.2) is 9.90 Å². The summed E-state index contributed by atoms with van der Waals surface area (Å²) in [6, 6.07) is 0.260. The lowest BCUT2D eigenvalue weighted by Crippen LogP contribution is -2.23. The molecule has 0 amide bonds. The second kappa shape index (κ2) is 6.90. The van der Waals surface area contributed by atoms with Gasteiger partial charge in [-0.15, -0.1) is 11.3 Å². The molecule has 0 unspecified atom stereocenters. The first-order valence-corrected chi connectivity index (χ1v) is 9.76. The van der Waals surface area contributed by atoms with Crippen molar-refractivity contribution in [3.8, 4) is 0 Å². The van der Waals surface area contributed by atoms with Crippen LogP contribution in [0.5, 0.6) is 0 Å². The van der Waals surface area contributed by atoms with E-state index in [-0.39, 0.29) is 12.1 Å². The lowest BCUT2D eigenvalue weighted by Gasteiger charge is -2.20. The second-order valence-electron chi connectivity index (χ2n) is 6.67. The molecule has 0 aromatic carbocycles. The largest absolute Gasteiger partial charge is 0.372 e. The first-order valence-electron chi connectivity index (χ1n) is 8.88. The average Bonchev–Trinajstić information content (AvgIpc) is 3.01. The summed E-state index contributed by atoms with van der Waals surface area (Å²) < 4.78 is 11.1. The van der Waals surface area contributed by atoms with Gasteiger partial charge in [-0.2, -0.15) is 4.98 Å². The van der Waals surface area contributed by atoms with Crippen LogP contribution >= 0.6 is 11.3 Å². The van der Waals surface area contributed by atoms with Crippen molar-refractivity contribution in [2.75, 3.05) is 13.2 Å². The van der Waals surface area contributed by atoms with Crippen molar-refractivity contribution >= 4 is 11.3 Å². The Hall–Kier alpha value is -1.31. The van der Waals surface area contributed by atoms with Crippen LogP contribution < -0.4 is 0 Å². The number of nitrogens with zero attached hydrogens (tertiary/aromatic N) is 4. The van der Waals surface area contributed by atoms with Crippen molar-refractivity contribution in [2.24, 2.45) is 0 Å². The van der Waals surface area contributed by atoms with E-state index >= 15 is 0 Å². The third-order valence-corrected chi connectivity index (χ3v) is 5.80. The first kappa shape index (κ1) is 16.2. The van der Waals surface area contributed by atoms with Crippen LogP contribution in [0.25, 0.3) is 0 Å². The SMILES string of the molecule is CCO[C@H](C)c1nc(CN2CCC[C@@H]2c2noc(C3CC3)n2)cs1. The molecule has 1 saturated heterocycles. The van der Waals surface area contributed by atoms with Crippen LogP contribution in [0, 0.1) is 0 Å². The molecule has 2 fully saturated rings. The third kappa shape index (κ3) is 3.38. The molecule has 130 valence electrons. The molecule has 6 nitrogen and oxygen atoms in total. The van der Waals surface area contributed by atoms with Crippen LogP contribution in [-0.4, -0.2) is 33.2 Å². The fraction of sp³-hybridized carbons (Fsp3) is 0.706. The van der Waals surface area contributed by atoms with Gasteiger partial charge < -0.3 is 9.26 Å². The van der Waals surface area contributed by atoms with E-state index in [0.29, 0.717) is 12.5 Å². The lowest BCUT2D eigenvalue weighted by atomic mass is 10.2. The maximum atomic E-state index is 5.63. The van der Waals surface area contributed by atoms with Gasteiger partial charge in [-0.05, 0) is 46.1 Å². The Morgan fingerprint density at radius 3 is 3.04 bits per heavy atom. The Kier molecular flexibility index (Phi) is 4.65. The monoisotopic (exact) mass is 348 g/mol. The van der Waals surface area contributed by atoms with Crippen molar-refractivity contribution < 1.29 is 9.26 Å². The fourth-order valence-corrected chi connectivity index (χ4v) is 4.11. The van der Waals surface area contributed by atoms with Gasteiger partial charge in [0.25, 0.3) is 0 Å². The van der Waals surface area contributed by atoms with E-state index in [9.17, 15) is 0 Å². The molecule has 1 aliphatic carbocycles. The van der Waals surface area contributed by atoms with Gasteiger partial charge in [0.05, 0.1) is 11.7 Å². The normalized spacial score (nSPS) is 23.0. The van der Waals surface area contributed by atoms with Gasteiger partial charge in [0.2, 0.25) is 5.89 Å². The molecule has 4 rings (SSSR count). The van der Waals surface area contributed by atoms with Crippen LogP contribution in [-0.2, 0) is 11.3 Å². The van der Waals surface area contributed by atoms with E-state index in [4.69, 9.17) is 14.2 Å². The van der Waals surface area contributed by atoms with Gasteiger partial charge >= 0.3 is 0 Å². The highest BCUT2D eigenvalue weighted by Crippen LogP contribution is 2.40. The van der Waals surface area contributed by atoms with Crippen LogP contribution in [0.4, 0.5) is 0 Å². The van der Waals surface area contributed by atoms with Gasteiger partial charge in [0, 0.05) is 24.4 Å². The Morgan fingerprint density at radius 1 is 1.38 bits per heavy atom. The number of rotatable bonds is 7. The zero-order valence-corrected chi connectivity index (χ0v) is 15.1. The van der Waals surface area contributed by atoms with Crippen LogP contribution in [0.2, 0.25) is 0 Å². The van der Waals surface area contributed by atoms with Crippen molar-refractivity contribution in [1.29, 1.82) is 0 Å². The van der Waals surface area contributed by atoms with Crippen molar-refractivity contribution in [2.45, 2.75) is 64.1 Å². The minimum absolute atomic E-state index is 0.0708. The van der Waals surface area contributed by atoms with E-state index in [1.165, 1.54) is 19.3 Å². The molecule has 0 spiro atoms. The van der Waals surface area contributed by atoms with Crippen molar-refractivity contribution in [3.63, 3.8) is 0 Å². The summed E-state index contributed by atoms with van der Waals surface area (Å²) in [4.78, 5) is 11.8. The molecule has 2 atom stereocenters. The fourth-order valence-electron chi connectivity index (χ4n) is 3.30. The summed E-state index contributed by atoms with van der Waals surface area (Å²) in [5.41, 5.74) is 1.11. The Balaban J connectivity index is 1.43. The molecule has 0 radical (unpaired) electrons. The van der Waals surface area contributed by atoms with Crippen molar-refractivity contribution in [1.82, 2.24) is 20.0 Å². The number of hydrogen-bond donors (Lipinski definition) is 0. The molecular weight excluding hydrogens is 324 g/mol. The Labute approximate surface area is 146 Å². The Bertz CT molecular complexity index is 682. The number of thiazole rings is 1. The molecule has 7 heteroatoms. The molecule has 24 heavy (non-hydrogen) atoms. The molecule has 3 heterocycles. The molecule has 1 aliphatic heterocycles. The quantitative estimate of drug-likeness (QED) is 0.757. The molecule has 2 aromatic rings. The first-order chi connectivity index (χ1) is 11.7. The van der Waals surface area contributed by atoms with Crippen molar-refractivity contribution in [3.05, 3.63) is 27.8 Å². The highest BCUT2D eigenvalue weighted by Gasteiger charge is 2.34. The summed E-state index contributed by atoms with van der Waals surface area (Å²) in [6.07, 6.45) is 4.72. The predicted molar refractivity (Wildman–Crippen MR) is 90.8 cm³/mol. The van der Waals surface area contributed by atoms with E-state index in [0.717, 1.165) is 41.9 Å².